The van der Waals surface area contributed by atoms with Crippen molar-refractivity contribution < 1.29 is 0 Å². The number of nitrogens with one attached hydrogen (secondary N) is 1. The Hall–Kier alpha value is -2.03. The molecule has 0 aliphatic carbocycles. The van der Waals surface area contributed by atoms with Gasteiger partial charge in [0, 0.05) is 29.2 Å². The van der Waals surface area contributed by atoms with Crippen LogP contribution in [0.2, 0.25) is 0 Å². The first kappa shape index (κ1) is 13.9. The molecule has 2 aromatic rings. The molecule has 3 nitrogen and oxygen atoms in total. The van der Waals surface area contributed by atoms with Crippen LogP contribution in [0.1, 0.15) is 38.2 Å². The minimum absolute atomic E-state index is 0.140. The van der Waals surface area contributed by atoms with Crippen LogP contribution in [0.3, 0.4) is 0 Å². The van der Waals surface area contributed by atoms with Crippen molar-refractivity contribution in [2.75, 3.05) is 11.4 Å². The maximum absolute atomic E-state index is 7.77. The fraction of sp³-hybridized carbons (Fsp3) is 0.389. The van der Waals surface area contributed by atoms with Crippen LogP contribution >= 0.6 is 0 Å². The first-order valence-corrected chi connectivity index (χ1v) is 7.81. The molecule has 0 spiro atoms. The van der Waals surface area contributed by atoms with Gasteiger partial charge in [-0.05, 0) is 37.3 Å². The second kappa shape index (κ2) is 5.76. The molecule has 3 N–H and O–H groups in total. The second-order valence-corrected chi connectivity index (χ2v) is 5.98. The van der Waals surface area contributed by atoms with Gasteiger partial charge >= 0.3 is 0 Å². The molecule has 110 valence electrons. The molecule has 1 fully saturated rings. The Balaban J connectivity index is 2.15. The van der Waals surface area contributed by atoms with Gasteiger partial charge < -0.3 is 10.6 Å². The lowest BCUT2D eigenvalue weighted by Crippen LogP contribution is -2.32. The van der Waals surface area contributed by atoms with E-state index in [1.807, 2.05) is 12.1 Å². The van der Waals surface area contributed by atoms with Crippen molar-refractivity contribution in [3.05, 3.63) is 42.0 Å². The Kier molecular flexibility index (Phi) is 3.82. The fourth-order valence-electron chi connectivity index (χ4n) is 3.40. The normalized spacial score (nSPS) is 19.5. The summed E-state index contributed by atoms with van der Waals surface area (Å²) in [7, 11) is 0. The minimum Gasteiger partial charge on any atom is -0.384 e. The van der Waals surface area contributed by atoms with Gasteiger partial charge in [0.2, 0.25) is 0 Å². The van der Waals surface area contributed by atoms with Crippen LogP contribution in [0.4, 0.5) is 5.69 Å². The fourth-order valence-corrected chi connectivity index (χ4v) is 3.40. The molecule has 1 heterocycles. The Morgan fingerprint density at radius 1 is 1.10 bits per heavy atom. The number of nitrogens with zero attached hydrogens (tertiary/aromatic N) is 1. The van der Waals surface area contributed by atoms with Crippen molar-refractivity contribution >= 4 is 22.3 Å². The summed E-state index contributed by atoms with van der Waals surface area (Å²) in [5.74, 6) is 0.140. The number of amidine groups is 1. The zero-order valence-electron chi connectivity index (χ0n) is 12.6. The van der Waals surface area contributed by atoms with Crippen LogP contribution in [0.25, 0.3) is 10.8 Å². The number of fused-ring (bicyclic) bond motifs is 1. The number of rotatable bonds is 2. The summed E-state index contributed by atoms with van der Waals surface area (Å²) < 4.78 is 0. The van der Waals surface area contributed by atoms with E-state index >= 15 is 0 Å². The summed E-state index contributed by atoms with van der Waals surface area (Å²) in [4.78, 5) is 2.53. The Morgan fingerprint density at radius 2 is 1.86 bits per heavy atom. The van der Waals surface area contributed by atoms with Gasteiger partial charge in [0.25, 0.3) is 0 Å². The molecule has 21 heavy (non-hydrogen) atoms. The van der Waals surface area contributed by atoms with Crippen molar-refractivity contribution in [1.29, 1.82) is 5.41 Å². The van der Waals surface area contributed by atoms with Crippen LogP contribution in [0, 0.1) is 5.41 Å². The lowest BCUT2D eigenvalue weighted by atomic mass is 10.0. The Bertz CT molecular complexity index is 663. The number of anilines is 1. The van der Waals surface area contributed by atoms with E-state index in [4.69, 9.17) is 11.1 Å². The van der Waals surface area contributed by atoms with Crippen molar-refractivity contribution in [3.63, 3.8) is 0 Å². The van der Waals surface area contributed by atoms with E-state index in [-0.39, 0.29) is 5.84 Å². The largest absolute Gasteiger partial charge is 0.384 e. The van der Waals surface area contributed by atoms with Crippen LogP contribution in [-0.4, -0.2) is 18.4 Å². The average molecular weight is 281 g/mol. The summed E-state index contributed by atoms with van der Waals surface area (Å²) in [5.41, 5.74) is 7.84. The molecule has 0 amide bonds. The first-order valence-electron chi connectivity index (χ1n) is 7.81. The topological polar surface area (TPSA) is 53.1 Å². The third kappa shape index (κ3) is 2.60. The zero-order chi connectivity index (χ0) is 14.8. The molecule has 1 aliphatic heterocycles. The van der Waals surface area contributed by atoms with Crippen molar-refractivity contribution in [1.82, 2.24) is 0 Å². The Morgan fingerprint density at radius 3 is 2.62 bits per heavy atom. The van der Waals surface area contributed by atoms with E-state index in [1.54, 1.807) is 0 Å². The standard InChI is InChI=1S/C18H23N3/c1-13-7-3-2-6-12-21(13)17-11-10-16(18(19)20)14-8-4-5-9-15(14)17/h4-5,8-11,13H,2-3,6-7,12H2,1H3,(H3,19,20). The summed E-state index contributed by atoms with van der Waals surface area (Å²) in [6, 6.07) is 13.0. The molecule has 1 aliphatic rings. The highest BCUT2D eigenvalue weighted by molar-refractivity contribution is 6.10. The molecule has 3 rings (SSSR count). The third-order valence-corrected chi connectivity index (χ3v) is 4.55. The van der Waals surface area contributed by atoms with Crippen molar-refractivity contribution in [2.45, 2.75) is 38.6 Å². The average Bonchev–Trinajstić information content (AvgIpc) is 2.70. The quantitative estimate of drug-likeness (QED) is 0.648. The van der Waals surface area contributed by atoms with Gasteiger partial charge in [-0.25, -0.2) is 0 Å². The van der Waals surface area contributed by atoms with E-state index in [0.717, 1.165) is 17.5 Å². The zero-order valence-corrected chi connectivity index (χ0v) is 12.6. The first-order chi connectivity index (χ1) is 10.2. The molecule has 0 aromatic heterocycles. The smallest absolute Gasteiger partial charge is 0.123 e. The number of nitrogens with two attached hydrogens (primary N) is 1. The van der Waals surface area contributed by atoms with Crippen molar-refractivity contribution in [3.8, 4) is 0 Å². The van der Waals surface area contributed by atoms with Gasteiger partial charge in [0.1, 0.15) is 5.84 Å². The summed E-state index contributed by atoms with van der Waals surface area (Å²) in [5, 5.41) is 10.1. The molecular weight excluding hydrogens is 258 g/mol. The van der Waals surface area contributed by atoms with E-state index in [1.165, 1.54) is 36.8 Å². The Labute approximate surface area is 126 Å². The minimum atomic E-state index is 0.140. The molecule has 0 radical (unpaired) electrons. The van der Waals surface area contributed by atoms with E-state index in [2.05, 4.69) is 36.1 Å². The predicted octanol–water partition coefficient (Wildman–Crippen LogP) is 3.89. The summed E-state index contributed by atoms with van der Waals surface area (Å²) in [6.45, 7) is 3.43. The molecule has 1 unspecified atom stereocenters. The predicted molar refractivity (Wildman–Crippen MR) is 90.2 cm³/mol. The summed E-state index contributed by atoms with van der Waals surface area (Å²) in [6.07, 6.45) is 5.15. The molecule has 3 heteroatoms. The van der Waals surface area contributed by atoms with E-state index in [9.17, 15) is 0 Å². The van der Waals surface area contributed by atoms with E-state index < -0.39 is 0 Å². The SMILES string of the molecule is CC1CCCCCN1c1ccc(C(=N)N)c2ccccc12. The maximum atomic E-state index is 7.77. The lowest BCUT2D eigenvalue weighted by molar-refractivity contribution is 0.617. The van der Waals surface area contributed by atoms with Gasteiger partial charge in [0.05, 0.1) is 0 Å². The molecule has 0 bridgehead atoms. The van der Waals surface area contributed by atoms with Crippen molar-refractivity contribution in [2.24, 2.45) is 5.73 Å². The molecule has 1 saturated heterocycles. The van der Waals surface area contributed by atoms with Crippen LogP contribution in [0.5, 0.6) is 0 Å². The molecule has 2 aromatic carbocycles. The molecule has 0 saturated carbocycles. The van der Waals surface area contributed by atoms with Gasteiger partial charge in [0.15, 0.2) is 0 Å². The van der Waals surface area contributed by atoms with Gasteiger partial charge in [-0.3, -0.25) is 5.41 Å². The van der Waals surface area contributed by atoms with E-state index in [0.29, 0.717) is 6.04 Å². The van der Waals surface area contributed by atoms with Gasteiger partial charge in [-0.1, -0.05) is 37.1 Å². The third-order valence-electron chi connectivity index (χ3n) is 4.55. The highest BCUT2D eigenvalue weighted by atomic mass is 15.2. The lowest BCUT2D eigenvalue weighted by Gasteiger charge is -2.31. The monoisotopic (exact) mass is 281 g/mol. The molecular formula is C18H23N3. The van der Waals surface area contributed by atoms with Crippen LogP contribution < -0.4 is 10.6 Å². The number of hydrogen-bond acceptors (Lipinski definition) is 2. The van der Waals surface area contributed by atoms with Gasteiger partial charge in [-0.2, -0.15) is 0 Å². The maximum Gasteiger partial charge on any atom is 0.123 e. The highest BCUT2D eigenvalue weighted by Crippen LogP contribution is 2.32. The highest BCUT2D eigenvalue weighted by Gasteiger charge is 2.19. The number of nitrogen functional groups attached to an aromatic ring is 1. The van der Waals surface area contributed by atoms with Gasteiger partial charge in [-0.15, -0.1) is 0 Å². The second-order valence-electron chi connectivity index (χ2n) is 5.98. The van der Waals surface area contributed by atoms with Crippen LogP contribution in [-0.2, 0) is 0 Å². The molecule has 1 atom stereocenters. The van der Waals surface area contributed by atoms with Crippen LogP contribution in [0.15, 0.2) is 36.4 Å². The summed E-state index contributed by atoms with van der Waals surface area (Å²) >= 11 is 0. The number of benzene rings is 2. The number of hydrogen-bond donors (Lipinski definition) is 2.